The van der Waals surface area contributed by atoms with Gasteiger partial charge in [-0.2, -0.15) is 18.3 Å². The van der Waals surface area contributed by atoms with E-state index < -0.39 is 17.5 Å². The minimum absolute atomic E-state index is 0.00169. The van der Waals surface area contributed by atoms with Crippen LogP contribution < -0.4 is 14.8 Å². The molecule has 2 aliphatic rings. The minimum Gasteiger partial charge on any atom is -0.477 e. The monoisotopic (exact) mass is 639 g/mol. The highest BCUT2D eigenvalue weighted by atomic mass is 35.5. The van der Waals surface area contributed by atoms with Gasteiger partial charge in [0.1, 0.15) is 10.2 Å². The van der Waals surface area contributed by atoms with Gasteiger partial charge in [-0.25, -0.2) is 9.67 Å². The molecule has 1 amide bonds. The number of rotatable bonds is 14. The first-order valence-electron chi connectivity index (χ1n) is 14.6. The molecular formula is C29H37ClF3N7O2S. The fraction of sp³-hybridized carbons (Fsp3) is 0.586. The van der Waals surface area contributed by atoms with Gasteiger partial charge in [0.25, 0.3) is 5.91 Å². The number of halogens is 4. The fourth-order valence-electron chi connectivity index (χ4n) is 5.52. The van der Waals surface area contributed by atoms with E-state index in [0.29, 0.717) is 10.8 Å². The number of pyridine rings is 1. The minimum atomic E-state index is -4.16. The predicted molar refractivity (Wildman–Crippen MR) is 158 cm³/mol. The second-order valence-electron chi connectivity index (χ2n) is 12.1. The van der Waals surface area contributed by atoms with Crippen molar-refractivity contribution in [2.75, 3.05) is 13.2 Å². The van der Waals surface area contributed by atoms with E-state index >= 15 is 0 Å². The average Bonchev–Trinajstić information content (AvgIpc) is 3.25. The first-order valence-corrected chi connectivity index (χ1v) is 15.8. The Balaban J connectivity index is 1.04. The number of aromatic nitrogens is 5. The Morgan fingerprint density at radius 3 is 2.67 bits per heavy atom. The zero-order valence-electron chi connectivity index (χ0n) is 24.3. The van der Waals surface area contributed by atoms with Gasteiger partial charge in [0.2, 0.25) is 5.88 Å². The zero-order valence-corrected chi connectivity index (χ0v) is 25.9. The van der Waals surface area contributed by atoms with E-state index in [1.165, 1.54) is 17.5 Å². The Bertz CT molecular complexity index is 1410. The standard InChI is InChI=1S/C29H37ClF3N7O2S/c1-27(2)18-20(19-34-27)6-3-4-14-39-15-10-24(37-39)43-38-26(41)21-7-8-22(35-25(21)30)40-16-9-23(36-40)42-17-5-11-28(12-13-28)29(31,32)33/h7-10,15-16,20,34H,3-6,11-14,17-19H2,1-2H3,(H,38,41). The lowest BCUT2D eigenvalue weighted by Gasteiger charge is -2.18. The molecule has 0 bridgehead atoms. The molecule has 1 aliphatic carbocycles. The number of alkyl halides is 3. The summed E-state index contributed by atoms with van der Waals surface area (Å²) in [5.74, 6) is 0.961. The van der Waals surface area contributed by atoms with E-state index in [-0.39, 0.29) is 54.4 Å². The number of amides is 1. The van der Waals surface area contributed by atoms with E-state index in [1.54, 1.807) is 24.4 Å². The van der Waals surface area contributed by atoms with Crippen molar-refractivity contribution in [3.63, 3.8) is 0 Å². The molecule has 234 valence electrons. The summed E-state index contributed by atoms with van der Waals surface area (Å²) in [5, 5.41) is 13.0. The van der Waals surface area contributed by atoms with Crippen molar-refractivity contribution in [1.82, 2.24) is 34.6 Å². The largest absolute Gasteiger partial charge is 0.477 e. The van der Waals surface area contributed by atoms with Crippen molar-refractivity contribution in [2.45, 2.75) is 88.5 Å². The number of hydrogen-bond donors (Lipinski definition) is 2. The molecule has 9 nitrogen and oxygen atoms in total. The lowest BCUT2D eigenvalue weighted by molar-refractivity contribution is -0.189. The van der Waals surface area contributed by atoms with Crippen molar-refractivity contribution in [3.05, 3.63) is 47.4 Å². The Kier molecular flexibility index (Phi) is 9.62. The van der Waals surface area contributed by atoms with Crippen molar-refractivity contribution in [2.24, 2.45) is 11.3 Å². The van der Waals surface area contributed by atoms with Crippen LogP contribution in [0.1, 0.15) is 75.6 Å². The van der Waals surface area contributed by atoms with Crippen LogP contribution in [0.15, 0.2) is 41.7 Å². The third-order valence-corrected chi connectivity index (χ3v) is 9.17. The number of carbonyl (C=O) groups is 1. The Labute approximate surface area is 258 Å². The third-order valence-electron chi connectivity index (χ3n) is 8.16. The Hall–Kier alpha value is -2.77. The van der Waals surface area contributed by atoms with Crippen LogP contribution in [0, 0.1) is 11.3 Å². The van der Waals surface area contributed by atoms with Crippen molar-refractivity contribution in [1.29, 1.82) is 0 Å². The molecule has 4 heterocycles. The number of carbonyl (C=O) groups excluding carboxylic acids is 1. The zero-order chi connectivity index (χ0) is 30.7. The highest BCUT2D eigenvalue weighted by Crippen LogP contribution is 2.60. The first kappa shape index (κ1) is 31.6. The molecule has 1 saturated heterocycles. The summed E-state index contributed by atoms with van der Waals surface area (Å²) < 4.78 is 50.8. The summed E-state index contributed by atoms with van der Waals surface area (Å²) in [6, 6.07) is 6.60. The molecule has 0 aromatic carbocycles. The molecule has 1 aliphatic heterocycles. The first-order chi connectivity index (χ1) is 20.4. The van der Waals surface area contributed by atoms with Gasteiger partial charge in [-0.15, -0.1) is 5.10 Å². The van der Waals surface area contributed by atoms with E-state index in [2.05, 4.69) is 39.1 Å². The van der Waals surface area contributed by atoms with Crippen LogP contribution >= 0.6 is 23.5 Å². The molecule has 3 aromatic heterocycles. The van der Waals surface area contributed by atoms with Gasteiger partial charge >= 0.3 is 6.18 Å². The normalized spacial score (nSPS) is 19.0. The predicted octanol–water partition coefficient (Wildman–Crippen LogP) is 6.61. The highest BCUT2D eigenvalue weighted by molar-refractivity contribution is 7.97. The van der Waals surface area contributed by atoms with Gasteiger partial charge in [0.15, 0.2) is 5.82 Å². The summed E-state index contributed by atoms with van der Waals surface area (Å²) in [6.45, 7) is 6.56. The number of nitrogens with zero attached hydrogens (tertiary/aromatic N) is 5. The number of unbranched alkanes of at least 4 members (excludes halogenated alkanes) is 1. The van der Waals surface area contributed by atoms with E-state index in [0.717, 1.165) is 43.8 Å². The van der Waals surface area contributed by atoms with Crippen LogP contribution in [0.4, 0.5) is 13.2 Å². The molecule has 1 atom stereocenters. The van der Waals surface area contributed by atoms with Gasteiger partial charge in [-0.3, -0.25) is 14.2 Å². The van der Waals surface area contributed by atoms with Gasteiger partial charge in [-0.05, 0) is 89.5 Å². The van der Waals surface area contributed by atoms with Gasteiger partial charge < -0.3 is 10.1 Å². The molecule has 14 heteroatoms. The maximum Gasteiger partial charge on any atom is 0.394 e. The van der Waals surface area contributed by atoms with Crippen LogP contribution in [0.3, 0.4) is 0 Å². The topological polar surface area (TPSA) is 98.9 Å². The molecule has 2 fully saturated rings. The second kappa shape index (κ2) is 13.1. The molecule has 0 radical (unpaired) electrons. The highest BCUT2D eigenvalue weighted by Gasteiger charge is 2.62. The smallest absolute Gasteiger partial charge is 0.394 e. The lowest BCUT2D eigenvalue weighted by atomic mass is 9.93. The van der Waals surface area contributed by atoms with Crippen LogP contribution in [-0.4, -0.2) is 55.3 Å². The van der Waals surface area contributed by atoms with Crippen LogP contribution in [0.2, 0.25) is 5.15 Å². The summed E-state index contributed by atoms with van der Waals surface area (Å²) in [5.41, 5.74) is -1.09. The quantitative estimate of drug-likeness (QED) is 0.116. The summed E-state index contributed by atoms with van der Waals surface area (Å²) in [7, 11) is 0. The van der Waals surface area contributed by atoms with Crippen LogP contribution in [0.25, 0.3) is 5.82 Å². The average molecular weight is 640 g/mol. The van der Waals surface area contributed by atoms with E-state index in [4.69, 9.17) is 16.3 Å². The SMILES string of the molecule is CC1(C)CC(CCCCn2ccc(SNC(=O)c3ccc(-n4ccc(OCCCC5(C(F)(F)F)CC5)n4)nc3Cl)n2)CN1. The molecule has 1 saturated carbocycles. The van der Waals surface area contributed by atoms with Gasteiger partial charge in [-0.1, -0.05) is 18.0 Å². The summed E-state index contributed by atoms with van der Waals surface area (Å²) in [6.07, 6.45) is 4.70. The van der Waals surface area contributed by atoms with Crippen LogP contribution in [-0.2, 0) is 6.54 Å². The number of ether oxygens (including phenoxy) is 1. The van der Waals surface area contributed by atoms with Gasteiger partial charge in [0, 0.05) is 42.5 Å². The van der Waals surface area contributed by atoms with E-state index in [1.807, 2.05) is 16.9 Å². The molecule has 0 spiro atoms. The molecule has 43 heavy (non-hydrogen) atoms. The van der Waals surface area contributed by atoms with Crippen molar-refractivity contribution < 1.29 is 22.7 Å². The number of aryl methyl sites for hydroxylation is 1. The maximum absolute atomic E-state index is 13.1. The van der Waals surface area contributed by atoms with Gasteiger partial charge in [0.05, 0.1) is 17.6 Å². The maximum atomic E-state index is 13.1. The molecule has 3 aromatic rings. The summed E-state index contributed by atoms with van der Waals surface area (Å²) >= 11 is 7.43. The van der Waals surface area contributed by atoms with Crippen LogP contribution in [0.5, 0.6) is 5.88 Å². The fourth-order valence-corrected chi connectivity index (χ4v) is 6.34. The molecule has 1 unspecified atom stereocenters. The van der Waals surface area contributed by atoms with Crippen molar-refractivity contribution >= 4 is 29.5 Å². The van der Waals surface area contributed by atoms with Crippen molar-refractivity contribution in [3.8, 4) is 11.7 Å². The molecule has 5 rings (SSSR count). The molecule has 2 N–H and O–H groups in total. The number of hydrogen-bond acceptors (Lipinski definition) is 7. The third kappa shape index (κ3) is 8.24. The molecular weight excluding hydrogens is 603 g/mol. The second-order valence-corrected chi connectivity index (χ2v) is 13.3. The Morgan fingerprint density at radius 2 is 1.98 bits per heavy atom. The number of nitrogens with one attached hydrogen (secondary N) is 2. The van der Waals surface area contributed by atoms with E-state index in [9.17, 15) is 18.0 Å². The Morgan fingerprint density at radius 1 is 1.16 bits per heavy atom. The lowest BCUT2D eigenvalue weighted by Crippen LogP contribution is -2.31. The summed E-state index contributed by atoms with van der Waals surface area (Å²) in [4.78, 5) is 17.0.